The molecule has 0 aromatic carbocycles. The molecule has 0 aliphatic heterocycles. The van der Waals surface area contributed by atoms with E-state index < -0.39 is 39.1 Å². The van der Waals surface area contributed by atoms with E-state index in [4.69, 9.17) is 9.47 Å². The number of thiol groups is 1. The smallest absolute Gasteiger partial charge is 0.790 e. The average molecular weight is 697 g/mol. The Labute approximate surface area is 334 Å². The summed E-state index contributed by atoms with van der Waals surface area (Å²) in [6.07, 6.45) is 9.80. The van der Waals surface area contributed by atoms with Crippen LogP contribution >= 0.6 is 20.5 Å². The molecule has 0 aliphatic carbocycles. The van der Waals surface area contributed by atoms with Crippen molar-refractivity contribution in [3.63, 3.8) is 0 Å². The van der Waals surface area contributed by atoms with Crippen molar-refractivity contribution in [1.82, 2.24) is 0 Å². The molecule has 0 aromatic heterocycles. The maximum Gasteiger partial charge on any atom is 1.00 e. The van der Waals surface area contributed by atoms with Gasteiger partial charge in [-0.1, -0.05) is 70.6 Å². The van der Waals surface area contributed by atoms with Crippen molar-refractivity contribution in [3.05, 3.63) is 0 Å². The summed E-state index contributed by atoms with van der Waals surface area (Å²) in [5.41, 5.74) is 0. The third-order valence-electron chi connectivity index (χ3n) is 4.70. The Morgan fingerprint density at radius 2 is 1.18 bits per heavy atom. The predicted molar refractivity (Wildman–Crippen MR) is 186 cm³/mol. The third-order valence-corrected chi connectivity index (χ3v) is 5.17. The molecular weight excluding hydrogens is 637 g/mol. The van der Waals surface area contributed by atoms with Crippen molar-refractivity contribution in [2.45, 2.75) is 97.5 Å². The number of unbranched alkanes of at least 4 members (excludes halogenated alkanes) is 9. The fraction of sp³-hybridized carbons (Fsp3) is 0.531. The van der Waals surface area contributed by atoms with Crippen LogP contribution in [0, 0.1) is 71.0 Å². The monoisotopic (exact) mass is 696 g/mol. The largest absolute Gasteiger partial charge is 1.00 e. The van der Waals surface area contributed by atoms with Crippen LogP contribution < -0.4 is 68.9 Å². The Bertz CT molecular complexity index is 1330. The van der Waals surface area contributed by atoms with Crippen LogP contribution in [0.15, 0.2) is 0 Å². The number of phosphoric acid groups is 1. The molecule has 0 spiro atoms. The van der Waals surface area contributed by atoms with Gasteiger partial charge in [-0.05, 0) is 72.5 Å². The van der Waals surface area contributed by atoms with Gasteiger partial charge in [0.2, 0.25) is 0 Å². The number of ether oxygens (including phenoxy) is 2. The molecule has 0 amide bonds. The van der Waals surface area contributed by atoms with E-state index in [-0.39, 0.29) is 86.3 Å². The molecule has 45 heavy (non-hydrogen) atoms. The minimum atomic E-state index is -5.31. The van der Waals surface area contributed by atoms with Crippen LogP contribution in [0.2, 0.25) is 0 Å². The van der Waals surface area contributed by atoms with Gasteiger partial charge in [0.25, 0.3) is 0 Å². The molecule has 0 aliphatic rings. The summed E-state index contributed by atoms with van der Waals surface area (Å²) >= 11 is 3.33. The van der Waals surface area contributed by atoms with Crippen molar-refractivity contribution in [3.8, 4) is 71.0 Å². The summed E-state index contributed by atoms with van der Waals surface area (Å²) < 4.78 is 24.9. The first-order valence-electron chi connectivity index (χ1n) is 13.7. The SMILES string of the molecule is CC#CC#CC#CC#CC#CC#CC(=O)OC[C@H](COP(=O)([O-])[O-])OC(=O)CCCCCCCCCCCC.CC(=O)S.[HH].[HH].[HH].[HH].[HH].[HH].[HH].[HH].[HH].[HH].[HH].[Na+].[Na+]. The molecule has 0 unspecified atom stereocenters. The fourth-order valence-corrected chi connectivity index (χ4v) is 3.24. The first-order chi connectivity index (χ1) is 20.5. The molecule has 0 rings (SSSR count). The average Bonchev–Trinajstić information content (AvgIpc) is 2.93. The maximum absolute atomic E-state index is 12.1. The summed E-state index contributed by atoms with van der Waals surface area (Å²) in [5.74, 6) is 27.1. The zero-order valence-corrected chi connectivity index (χ0v) is 32.6. The van der Waals surface area contributed by atoms with Gasteiger partial charge in [0.1, 0.15) is 6.61 Å². The van der Waals surface area contributed by atoms with Gasteiger partial charge in [-0.15, -0.1) is 12.6 Å². The zero-order valence-electron chi connectivity index (χ0n) is 26.8. The van der Waals surface area contributed by atoms with Gasteiger partial charge in [0.05, 0.1) is 14.4 Å². The van der Waals surface area contributed by atoms with Crippen LogP contribution in [-0.2, 0) is 32.9 Å². The Hall–Kier alpha value is -1.57. The van der Waals surface area contributed by atoms with E-state index in [1.807, 2.05) is 0 Å². The Kier molecular flexibility index (Phi) is 41.2. The third kappa shape index (κ3) is 47.0. The summed E-state index contributed by atoms with van der Waals surface area (Å²) in [4.78, 5) is 54.8. The van der Waals surface area contributed by atoms with Gasteiger partial charge in [0.15, 0.2) is 11.2 Å². The predicted octanol–water partition coefficient (Wildman–Crippen LogP) is -0.185. The number of hydrogen-bond acceptors (Lipinski definition) is 9. The van der Waals surface area contributed by atoms with Gasteiger partial charge in [0, 0.05) is 35.0 Å². The van der Waals surface area contributed by atoms with Gasteiger partial charge in [-0.2, -0.15) is 0 Å². The molecule has 0 saturated carbocycles. The minimum Gasteiger partial charge on any atom is -0.790 e. The number of esters is 2. The van der Waals surface area contributed by atoms with Crippen molar-refractivity contribution < 1.29 is 118 Å². The van der Waals surface area contributed by atoms with Crippen molar-refractivity contribution in [2.75, 3.05) is 13.2 Å². The van der Waals surface area contributed by atoms with E-state index in [0.717, 1.165) is 19.3 Å². The van der Waals surface area contributed by atoms with Gasteiger partial charge < -0.3 is 28.3 Å². The second-order valence-electron chi connectivity index (χ2n) is 8.53. The zero-order chi connectivity index (χ0) is 32.6. The molecule has 0 heterocycles. The van der Waals surface area contributed by atoms with Crippen molar-refractivity contribution in [2.24, 2.45) is 0 Å². The molecule has 0 radical (unpaired) electrons. The van der Waals surface area contributed by atoms with Crippen molar-refractivity contribution in [1.29, 1.82) is 0 Å². The molecule has 254 valence electrons. The second kappa shape index (κ2) is 36.9. The molecule has 0 fully saturated rings. The number of phosphoric ester groups is 1. The molecule has 13 heteroatoms. The van der Waals surface area contributed by atoms with E-state index in [2.05, 4.69) is 95.1 Å². The van der Waals surface area contributed by atoms with Crippen LogP contribution in [0.1, 0.15) is 107 Å². The maximum atomic E-state index is 12.1. The van der Waals surface area contributed by atoms with E-state index >= 15 is 0 Å². The summed E-state index contributed by atoms with van der Waals surface area (Å²) in [5, 5.41) is -0.139. The minimum absolute atomic E-state index is 0. The number of carbonyl (C=O) groups excluding carboxylic acids is 3. The Morgan fingerprint density at radius 3 is 1.62 bits per heavy atom. The standard InChI is InChI=1S/C30H35O8P.C2H4OS.2Na.11H2/c1-3-5-7-9-11-13-15-17-18-20-22-24-29(31)36-26-28(27-37-39(33,34)35)38-30(32)25-23-21-19-16-14-12-10-8-6-4-2;1-2(3)4;;;;;;;;;;;;;/h28H,4,6,8,10,12,14,16,19,21,23,25-27H2,1-2H3,(H2,33,34,35);1H3,(H,3,4);;;11*1H/q;;2*+1;;;;;;;;;;;/p-2/t28-;;;;;;;;;;;;;;/m1............../s1. The topological polar surface area (TPSA) is 142 Å². The number of hydrogen-bond donors (Lipinski definition) is 1. The normalized spacial score (nSPS) is 9.20. The Balaban J connectivity index is -0.0000000723. The van der Waals surface area contributed by atoms with E-state index in [9.17, 15) is 28.7 Å². The molecule has 0 saturated heterocycles. The van der Waals surface area contributed by atoms with Gasteiger partial charge in [-0.3, -0.25) is 9.59 Å². The Morgan fingerprint density at radius 1 is 0.756 bits per heavy atom. The molecule has 0 N–H and O–H groups in total. The van der Waals surface area contributed by atoms with E-state index in [0.29, 0.717) is 6.42 Å². The molecule has 0 aromatic rings. The van der Waals surface area contributed by atoms with Gasteiger partial charge in [-0.25, -0.2) is 4.79 Å². The van der Waals surface area contributed by atoms with Crippen LogP contribution in [-0.4, -0.2) is 36.4 Å². The first kappa shape index (κ1) is 50.3. The van der Waals surface area contributed by atoms with Gasteiger partial charge >= 0.3 is 71.1 Å². The second-order valence-corrected chi connectivity index (χ2v) is 10.3. The molecule has 1 atom stereocenters. The molecule has 0 bridgehead atoms. The van der Waals surface area contributed by atoms with Crippen LogP contribution in [0.25, 0.3) is 0 Å². The van der Waals surface area contributed by atoms with Crippen LogP contribution in [0.5, 0.6) is 0 Å². The van der Waals surface area contributed by atoms with Crippen molar-refractivity contribution >= 4 is 37.5 Å². The van der Waals surface area contributed by atoms with E-state index in [1.165, 1.54) is 45.4 Å². The van der Waals surface area contributed by atoms with Crippen LogP contribution in [0.3, 0.4) is 0 Å². The fourth-order valence-electron chi connectivity index (χ4n) is 2.89. The number of rotatable bonds is 17. The quantitative estimate of drug-likeness (QED) is 0.0417. The summed E-state index contributed by atoms with van der Waals surface area (Å²) in [6, 6.07) is 0. The first-order valence-corrected chi connectivity index (χ1v) is 15.6. The van der Waals surface area contributed by atoms with E-state index in [1.54, 1.807) is 6.92 Å². The summed E-state index contributed by atoms with van der Waals surface area (Å²) in [7, 11) is -5.31. The summed E-state index contributed by atoms with van der Waals surface area (Å²) in [6.45, 7) is 3.90. The molecule has 9 nitrogen and oxygen atoms in total. The molecular formula is C32H59Na2O9PS. The van der Waals surface area contributed by atoms with Crippen LogP contribution in [0.4, 0.5) is 0 Å². The number of carbonyl (C=O) groups is 3.